The maximum atomic E-state index is 13.2. The number of carbonyl (C=O) groups is 2. The molecule has 1 rings (SSSR count). The van der Waals surface area contributed by atoms with Crippen LogP contribution in [-0.2, 0) is 4.79 Å². The highest BCUT2D eigenvalue weighted by Gasteiger charge is 2.38. The van der Waals surface area contributed by atoms with E-state index in [0.717, 1.165) is 6.07 Å². The van der Waals surface area contributed by atoms with Gasteiger partial charge in [-0.15, -0.1) is 0 Å². The van der Waals surface area contributed by atoms with Gasteiger partial charge in [0.2, 0.25) is 0 Å². The zero-order valence-electron chi connectivity index (χ0n) is 9.55. The Bertz CT molecular complexity index is 474. The van der Waals surface area contributed by atoms with Crippen LogP contribution in [0.3, 0.4) is 0 Å². The van der Waals surface area contributed by atoms with Crippen molar-refractivity contribution in [3.63, 3.8) is 0 Å². The van der Waals surface area contributed by atoms with Gasteiger partial charge in [-0.1, -0.05) is 12.1 Å². The van der Waals surface area contributed by atoms with Crippen LogP contribution in [0.25, 0.3) is 0 Å². The summed E-state index contributed by atoms with van der Waals surface area (Å²) in [5.74, 6) is -3.59. The van der Waals surface area contributed by atoms with Crippen LogP contribution in [0.15, 0.2) is 24.3 Å². The van der Waals surface area contributed by atoms with Gasteiger partial charge in [0, 0.05) is 13.1 Å². The number of amides is 2. The van der Waals surface area contributed by atoms with E-state index in [4.69, 9.17) is 0 Å². The molecule has 0 aliphatic carbocycles. The summed E-state index contributed by atoms with van der Waals surface area (Å²) in [5, 5.41) is 3.76. The van der Waals surface area contributed by atoms with Crippen LogP contribution in [-0.4, -0.2) is 31.1 Å². The molecule has 104 valence electrons. The number of carbonyl (C=O) groups excluding carboxylic acids is 2. The molecular weight excluding hydrogens is 268 g/mol. The fraction of sp³-hybridized carbons (Fsp3) is 0.273. The monoisotopic (exact) mass is 278 g/mol. The second-order valence-electron chi connectivity index (χ2n) is 3.49. The van der Waals surface area contributed by atoms with Gasteiger partial charge in [-0.3, -0.25) is 9.59 Å². The Balaban J connectivity index is 2.37. The largest absolute Gasteiger partial charge is 0.471 e. The SMILES string of the molecule is O=C(NCCNC(=O)C(F)(F)F)c1ccccc1F. The summed E-state index contributed by atoms with van der Waals surface area (Å²) < 4.78 is 48.6. The smallest absolute Gasteiger partial charge is 0.350 e. The molecule has 8 heteroatoms. The minimum Gasteiger partial charge on any atom is -0.350 e. The van der Waals surface area contributed by atoms with E-state index in [-0.39, 0.29) is 12.1 Å². The summed E-state index contributed by atoms with van der Waals surface area (Å²) in [6, 6.07) is 5.17. The molecule has 0 saturated heterocycles. The number of hydrogen-bond acceptors (Lipinski definition) is 2. The molecule has 2 amide bonds. The summed E-state index contributed by atoms with van der Waals surface area (Å²) in [6.07, 6.45) is -4.96. The zero-order valence-corrected chi connectivity index (χ0v) is 9.55. The molecule has 2 N–H and O–H groups in total. The van der Waals surface area contributed by atoms with Crippen LogP contribution in [0.5, 0.6) is 0 Å². The molecule has 1 aromatic carbocycles. The number of nitrogens with one attached hydrogen (secondary N) is 2. The number of alkyl halides is 3. The van der Waals surface area contributed by atoms with Crippen LogP contribution >= 0.6 is 0 Å². The van der Waals surface area contributed by atoms with Gasteiger partial charge in [0.05, 0.1) is 5.56 Å². The molecule has 0 aliphatic heterocycles. The quantitative estimate of drug-likeness (QED) is 0.643. The lowest BCUT2D eigenvalue weighted by Crippen LogP contribution is -2.41. The Morgan fingerprint density at radius 3 is 2.21 bits per heavy atom. The molecule has 0 spiro atoms. The van der Waals surface area contributed by atoms with Crippen molar-refractivity contribution in [3.8, 4) is 0 Å². The lowest BCUT2D eigenvalue weighted by atomic mass is 10.2. The van der Waals surface area contributed by atoms with E-state index >= 15 is 0 Å². The Morgan fingerprint density at radius 2 is 1.63 bits per heavy atom. The third-order valence-electron chi connectivity index (χ3n) is 2.07. The van der Waals surface area contributed by atoms with Crippen LogP contribution in [0.2, 0.25) is 0 Å². The van der Waals surface area contributed by atoms with Crippen molar-refractivity contribution in [2.75, 3.05) is 13.1 Å². The maximum Gasteiger partial charge on any atom is 0.471 e. The van der Waals surface area contributed by atoms with Crippen LogP contribution < -0.4 is 10.6 Å². The van der Waals surface area contributed by atoms with Gasteiger partial charge in [0.25, 0.3) is 5.91 Å². The second kappa shape index (κ2) is 6.17. The molecule has 0 aliphatic rings. The summed E-state index contributed by atoms with van der Waals surface area (Å²) in [4.78, 5) is 21.8. The van der Waals surface area contributed by atoms with Gasteiger partial charge < -0.3 is 10.6 Å². The first kappa shape index (κ1) is 14.9. The average molecular weight is 278 g/mol. The molecule has 0 saturated carbocycles. The van der Waals surface area contributed by atoms with E-state index in [1.807, 2.05) is 0 Å². The topological polar surface area (TPSA) is 58.2 Å². The molecule has 0 bridgehead atoms. The highest BCUT2D eigenvalue weighted by molar-refractivity contribution is 5.94. The molecule has 1 aromatic rings. The zero-order chi connectivity index (χ0) is 14.5. The first-order valence-corrected chi connectivity index (χ1v) is 5.20. The van der Waals surface area contributed by atoms with Crippen molar-refractivity contribution in [2.45, 2.75) is 6.18 Å². The van der Waals surface area contributed by atoms with E-state index in [1.54, 1.807) is 5.32 Å². The molecule has 0 atom stereocenters. The van der Waals surface area contributed by atoms with Gasteiger partial charge >= 0.3 is 12.1 Å². The Morgan fingerprint density at radius 1 is 1.05 bits per heavy atom. The van der Waals surface area contributed by atoms with Gasteiger partial charge in [-0.2, -0.15) is 13.2 Å². The Hall–Kier alpha value is -2.12. The molecule has 0 heterocycles. The normalized spacial score (nSPS) is 10.9. The summed E-state index contributed by atoms with van der Waals surface area (Å²) in [7, 11) is 0. The highest BCUT2D eigenvalue weighted by atomic mass is 19.4. The maximum absolute atomic E-state index is 13.2. The van der Waals surface area contributed by atoms with Crippen LogP contribution in [0, 0.1) is 5.82 Å². The summed E-state index contributed by atoms with van der Waals surface area (Å²) >= 11 is 0. The predicted octanol–water partition coefficient (Wildman–Crippen LogP) is 1.23. The standard InChI is InChI=1S/C11H10F4N2O2/c12-8-4-2-1-3-7(8)9(18)16-5-6-17-10(19)11(13,14)15/h1-4H,5-6H2,(H,16,18)(H,17,19). The molecular formula is C11H10F4N2O2. The third-order valence-corrected chi connectivity index (χ3v) is 2.07. The molecule has 0 aromatic heterocycles. The molecule has 0 unspecified atom stereocenters. The fourth-order valence-corrected chi connectivity index (χ4v) is 1.19. The van der Waals surface area contributed by atoms with Gasteiger partial charge in [0.15, 0.2) is 0 Å². The number of rotatable bonds is 4. The number of benzene rings is 1. The molecule has 4 nitrogen and oxygen atoms in total. The average Bonchev–Trinajstić information content (AvgIpc) is 2.33. The van der Waals surface area contributed by atoms with Crippen molar-refractivity contribution in [1.29, 1.82) is 0 Å². The van der Waals surface area contributed by atoms with Crippen LogP contribution in [0.1, 0.15) is 10.4 Å². The van der Waals surface area contributed by atoms with E-state index in [0.29, 0.717) is 0 Å². The minimum atomic E-state index is -4.96. The number of hydrogen-bond donors (Lipinski definition) is 2. The summed E-state index contributed by atoms with van der Waals surface area (Å²) in [6.45, 7) is -0.645. The van der Waals surface area contributed by atoms with Gasteiger partial charge in [-0.25, -0.2) is 4.39 Å². The molecule has 0 radical (unpaired) electrons. The van der Waals surface area contributed by atoms with Gasteiger partial charge in [0.1, 0.15) is 5.82 Å². The van der Waals surface area contributed by atoms with Crippen molar-refractivity contribution >= 4 is 11.8 Å². The first-order valence-electron chi connectivity index (χ1n) is 5.20. The van der Waals surface area contributed by atoms with Crippen molar-refractivity contribution in [2.24, 2.45) is 0 Å². The first-order chi connectivity index (χ1) is 8.82. The fourth-order valence-electron chi connectivity index (χ4n) is 1.19. The van der Waals surface area contributed by atoms with E-state index in [9.17, 15) is 27.2 Å². The van der Waals surface area contributed by atoms with E-state index in [1.165, 1.54) is 18.2 Å². The van der Waals surface area contributed by atoms with Gasteiger partial charge in [-0.05, 0) is 12.1 Å². The lowest BCUT2D eigenvalue weighted by molar-refractivity contribution is -0.173. The van der Waals surface area contributed by atoms with Crippen molar-refractivity contribution in [1.82, 2.24) is 10.6 Å². The number of halogens is 4. The minimum absolute atomic E-state index is 0.218. The highest BCUT2D eigenvalue weighted by Crippen LogP contribution is 2.13. The van der Waals surface area contributed by atoms with Crippen molar-refractivity contribution in [3.05, 3.63) is 35.6 Å². The second-order valence-corrected chi connectivity index (χ2v) is 3.49. The Kier molecular flexibility index (Phi) is 4.85. The lowest BCUT2D eigenvalue weighted by Gasteiger charge is -2.09. The third kappa shape index (κ3) is 4.57. The summed E-state index contributed by atoms with van der Waals surface area (Å²) in [5.41, 5.74) is -0.218. The van der Waals surface area contributed by atoms with E-state index in [2.05, 4.69) is 5.32 Å². The van der Waals surface area contributed by atoms with Crippen LogP contribution in [0.4, 0.5) is 17.6 Å². The van der Waals surface area contributed by atoms with E-state index < -0.39 is 30.4 Å². The molecule has 0 fully saturated rings. The van der Waals surface area contributed by atoms with Crippen molar-refractivity contribution < 1.29 is 27.2 Å². The predicted molar refractivity (Wildman–Crippen MR) is 57.8 cm³/mol. The molecule has 19 heavy (non-hydrogen) atoms. The Labute approximate surface area is 105 Å².